The topological polar surface area (TPSA) is 91.8 Å². The van der Waals surface area contributed by atoms with Crippen molar-refractivity contribution in [3.05, 3.63) is 92.7 Å². The number of hydrogen-bond donors (Lipinski definition) is 1. The lowest BCUT2D eigenvalue weighted by Gasteiger charge is -2.19. The zero-order valence-electron chi connectivity index (χ0n) is 25.0. The van der Waals surface area contributed by atoms with Crippen molar-refractivity contribution in [1.29, 1.82) is 0 Å². The minimum Gasteiger partial charge on any atom is -0.496 e. The molecule has 5 rings (SSSR count). The van der Waals surface area contributed by atoms with Crippen LogP contribution in [0.5, 0.6) is 23.0 Å². The molecule has 1 N–H and O–H groups in total. The molecule has 42 heavy (non-hydrogen) atoms. The molecular formula is C33H36BrN3O5. The number of methoxy groups -OCH3 is 4. The molecule has 0 bridgehead atoms. The monoisotopic (exact) mass is 633 g/mol. The van der Waals surface area contributed by atoms with E-state index in [2.05, 4.69) is 37.3 Å². The first kappa shape index (κ1) is 30.8. The molecule has 9 heteroatoms. The molecule has 0 unspecified atom stereocenters. The Morgan fingerprint density at radius 3 is 2.07 bits per heavy atom. The Morgan fingerprint density at radius 1 is 0.810 bits per heavy atom. The second-order valence-corrected chi connectivity index (χ2v) is 10.8. The predicted molar refractivity (Wildman–Crippen MR) is 168 cm³/mol. The van der Waals surface area contributed by atoms with E-state index in [0.717, 1.165) is 27.0 Å². The van der Waals surface area contributed by atoms with Crippen LogP contribution in [0.3, 0.4) is 0 Å². The average Bonchev–Trinajstić information content (AvgIpc) is 3.84. The molecule has 0 amide bonds. The molecular weight excluding hydrogens is 598 g/mol. The van der Waals surface area contributed by atoms with Crippen LogP contribution in [0, 0.1) is 20.8 Å². The van der Waals surface area contributed by atoms with Crippen molar-refractivity contribution in [3.8, 4) is 23.0 Å². The third-order valence-electron chi connectivity index (χ3n) is 6.96. The second-order valence-electron chi connectivity index (χ2n) is 9.94. The van der Waals surface area contributed by atoms with Crippen LogP contribution in [0.25, 0.3) is 0 Å². The number of anilines is 2. The molecule has 4 aromatic rings. The molecule has 220 valence electrons. The van der Waals surface area contributed by atoms with Gasteiger partial charge in [-0.3, -0.25) is 4.79 Å². The number of aromatic nitrogens is 2. The fourth-order valence-electron chi connectivity index (χ4n) is 4.69. The Labute approximate surface area is 255 Å². The van der Waals surface area contributed by atoms with Crippen molar-refractivity contribution in [3.63, 3.8) is 0 Å². The number of para-hydroxylation sites is 1. The molecule has 1 aliphatic carbocycles. The van der Waals surface area contributed by atoms with Crippen LogP contribution in [0.2, 0.25) is 0 Å². The molecule has 1 heterocycles. The minimum absolute atomic E-state index is 0.203. The summed E-state index contributed by atoms with van der Waals surface area (Å²) < 4.78 is 22.5. The fraction of sp³-hybridized carbons (Fsp3) is 0.303. The number of benzene rings is 3. The Morgan fingerprint density at radius 2 is 1.48 bits per heavy atom. The van der Waals surface area contributed by atoms with Crippen LogP contribution in [0.15, 0.2) is 59.1 Å². The summed E-state index contributed by atoms with van der Waals surface area (Å²) in [5.41, 5.74) is 5.64. The van der Waals surface area contributed by atoms with Gasteiger partial charge in [0, 0.05) is 27.5 Å². The summed E-state index contributed by atoms with van der Waals surface area (Å²) in [6.07, 6.45) is 2.53. The molecule has 0 aliphatic heterocycles. The van der Waals surface area contributed by atoms with Gasteiger partial charge in [0.05, 0.1) is 39.6 Å². The largest absolute Gasteiger partial charge is 0.496 e. The highest BCUT2D eigenvalue weighted by Crippen LogP contribution is 2.44. The van der Waals surface area contributed by atoms with E-state index < -0.39 is 0 Å². The summed E-state index contributed by atoms with van der Waals surface area (Å²) >= 11 is 3.47. The van der Waals surface area contributed by atoms with Gasteiger partial charge in [-0.25, -0.2) is 9.97 Å². The lowest BCUT2D eigenvalue weighted by molar-refractivity contribution is 0.103. The summed E-state index contributed by atoms with van der Waals surface area (Å²) in [6.45, 7) is 5.71. The lowest BCUT2D eigenvalue weighted by atomic mass is 9.93. The van der Waals surface area contributed by atoms with E-state index >= 15 is 0 Å². The number of carbonyl (C=O) groups excluding carboxylic acids is 1. The number of ether oxygens (including phenoxy) is 4. The van der Waals surface area contributed by atoms with Crippen LogP contribution in [-0.2, 0) is 0 Å². The normalized spacial score (nSPS) is 12.1. The first-order valence-electron chi connectivity index (χ1n) is 13.6. The zero-order valence-corrected chi connectivity index (χ0v) is 26.6. The van der Waals surface area contributed by atoms with Crippen molar-refractivity contribution in [2.45, 2.75) is 39.5 Å². The number of nitrogens with zero attached hydrogens (tertiary/aromatic N) is 2. The van der Waals surface area contributed by atoms with E-state index in [1.165, 1.54) is 39.9 Å². The van der Waals surface area contributed by atoms with E-state index in [-0.39, 0.29) is 5.78 Å². The highest BCUT2D eigenvalue weighted by Gasteiger charge is 2.28. The van der Waals surface area contributed by atoms with Gasteiger partial charge in [-0.1, -0.05) is 34.1 Å². The average molecular weight is 635 g/mol. The van der Waals surface area contributed by atoms with Gasteiger partial charge < -0.3 is 24.3 Å². The molecule has 1 saturated carbocycles. The minimum atomic E-state index is -0.203. The van der Waals surface area contributed by atoms with Gasteiger partial charge in [-0.05, 0) is 81.1 Å². The number of halogens is 1. The van der Waals surface area contributed by atoms with Crippen molar-refractivity contribution in [1.82, 2.24) is 9.97 Å². The molecule has 1 aromatic heterocycles. The van der Waals surface area contributed by atoms with Gasteiger partial charge >= 0.3 is 0 Å². The van der Waals surface area contributed by atoms with E-state index in [1.54, 1.807) is 19.2 Å². The molecule has 0 radical (unpaired) electrons. The Hall–Kier alpha value is -4.11. The smallest absolute Gasteiger partial charge is 0.227 e. The number of aryl methyl sites for hydroxylation is 2. The summed E-state index contributed by atoms with van der Waals surface area (Å²) in [4.78, 5) is 22.4. The van der Waals surface area contributed by atoms with Gasteiger partial charge in [-0.2, -0.15) is 0 Å². The summed E-state index contributed by atoms with van der Waals surface area (Å²) in [7, 11) is 6.09. The lowest BCUT2D eigenvalue weighted by Crippen LogP contribution is -2.11. The number of rotatable bonds is 9. The third-order valence-corrected chi connectivity index (χ3v) is 7.82. The molecule has 1 aliphatic rings. The van der Waals surface area contributed by atoms with Gasteiger partial charge in [0.2, 0.25) is 17.5 Å². The van der Waals surface area contributed by atoms with Crippen molar-refractivity contribution >= 4 is 33.3 Å². The molecule has 8 nitrogen and oxygen atoms in total. The van der Waals surface area contributed by atoms with Gasteiger partial charge in [0.25, 0.3) is 0 Å². The fourth-order valence-corrected chi connectivity index (χ4v) is 5.02. The standard InChI is InChI=1S/C19H21BrO5.C14H15N3/c1-10-9-14(23-4)18(24-5)19(25-6)15(10)17(21)16-11(2)12(20)7-8-13(16)22-3;1-10-9-13(11-7-8-11)17-14(15-10)16-12-5-3-2-4-6-12/h7-9H,1-6H3;2-6,9,11H,7-8H2,1H3,(H,15,16,17). The van der Waals surface area contributed by atoms with Crippen molar-refractivity contribution in [2.24, 2.45) is 0 Å². The van der Waals surface area contributed by atoms with E-state index in [9.17, 15) is 4.79 Å². The van der Waals surface area contributed by atoms with Gasteiger partial charge in [0.1, 0.15) is 5.75 Å². The molecule has 0 atom stereocenters. The molecule has 0 spiro atoms. The van der Waals surface area contributed by atoms with Gasteiger partial charge in [0.15, 0.2) is 11.5 Å². The second kappa shape index (κ2) is 13.7. The van der Waals surface area contributed by atoms with E-state index in [1.807, 2.05) is 57.2 Å². The summed E-state index contributed by atoms with van der Waals surface area (Å²) in [5, 5.41) is 3.25. The van der Waals surface area contributed by atoms with E-state index in [0.29, 0.717) is 46.0 Å². The molecule has 3 aromatic carbocycles. The first-order chi connectivity index (χ1) is 20.2. The van der Waals surface area contributed by atoms with Crippen LogP contribution in [0.4, 0.5) is 11.6 Å². The number of nitrogens with one attached hydrogen (secondary N) is 1. The SMILES string of the molecule is COc1cc(C)c(C(=O)c2c(OC)ccc(Br)c2C)c(OC)c1OC.Cc1cc(C2CC2)nc(Nc2ccccc2)n1. The summed E-state index contributed by atoms with van der Waals surface area (Å²) in [6, 6.07) is 17.5. The quantitative estimate of drug-likeness (QED) is 0.187. The number of carbonyl (C=O) groups is 1. The third kappa shape index (κ3) is 6.85. The predicted octanol–water partition coefficient (Wildman–Crippen LogP) is 7.74. The molecule has 0 saturated heterocycles. The van der Waals surface area contributed by atoms with Crippen molar-refractivity contribution in [2.75, 3.05) is 33.8 Å². The van der Waals surface area contributed by atoms with Crippen molar-refractivity contribution < 1.29 is 23.7 Å². The van der Waals surface area contributed by atoms with Gasteiger partial charge in [-0.15, -0.1) is 0 Å². The Kier molecular flexibility index (Phi) is 10.1. The highest BCUT2D eigenvalue weighted by atomic mass is 79.9. The summed E-state index contributed by atoms with van der Waals surface area (Å²) in [5.74, 6) is 2.89. The number of ketones is 1. The maximum absolute atomic E-state index is 13.4. The van der Waals surface area contributed by atoms with Crippen LogP contribution in [0.1, 0.15) is 57.2 Å². The Balaban J connectivity index is 0.000000206. The maximum atomic E-state index is 13.4. The highest BCUT2D eigenvalue weighted by molar-refractivity contribution is 9.10. The maximum Gasteiger partial charge on any atom is 0.227 e. The molecule has 1 fully saturated rings. The van der Waals surface area contributed by atoms with E-state index in [4.69, 9.17) is 18.9 Å². The Bertz CT molecular complexity index is 1570. The first-order valence-corrected chi connectivity index (χ1v) is 14.4. The van der Waals surface area contributed by atoms with Crippen LogP contribution in [-0.4, -0.2) is 44.2 Å². The zero-order chi connectivity index (χ0) is 30.4. The van der Waals surface area contributed by atoms with Crippen LogP contribution >= 0.6 is 15.9 Å². The number of hydrogen-bond acceptors (Lipinski definition) is 8. The van der Waals surface area contributed by atoms with Crippen LogP contribution < -0.4 is 24.3 Å².